The van der Waals surface area contributed by atoms with E-state index in [0.717, 1.165) is 28.1 Å². The first-order valence-electron chi connectivity index (χ1n) is 8.35. The van der Waals surface area contributed by atoms with Crippen molar-refractivity contribution < 1.29 is 13.9 Å². The normalized spacial score (nSPS) is 13.2. The van der Waals surface area contributed by atoms with E-state index in [1.807, 2.05) is 6.92 Å². The number of thioether (sulfide) groups is 1. The molecule has 2 aromatic heterocycles. The molecule has 0 amide bonds. The van der Waals surface area contributed by atoms with Gasteiger partial charge in [0.1, 0.15) is 15.7 Å². The molecular weight excluding hydrogens is 371 g/mol. The second-order valence-corrected chi connectivity index (χ2v) is 8.22. The molecule has 3 aromatic rings. The maximum absolute atomic E-state index is 13.8. The van der Waals surface area contributed by atoms with Crippen LogP contribution in [0, 0.1) is 12.7 Å². The van der Waals surface area contributed by atoms with Crippen LogP contribution in [-0.4, -0.2) is 28.6 Å². The average Bonchev–Trinajstić information content (AvgIpc) is 3.19. The zero-order valence-corrected chi connectivity index (χ0v) is 16.1. The molecule has 0 radical (unpaired) electrons. The minimum Gasteiger partial charge on any atom is -0.494 e. The van der Waals surface area contributed by atoms with Crippen LogP contribution in [0.15, 0.2) is 23.2 Å². The number of hydrogen-bond acceptors (Lipinski definition) is 6. The first-order valence-corrected chi connectivity index (χ1v) is 10.2. The molecule has 0 atom stereocenters. The van der Waals surface area contributed by atoms with Gasteiger partial charge in [-0.3, -0.25) is 4.79 Å². The van der Waals surface area contributed by atoms with E-state index in [9.17, 15) is 9.18 Å². The summed E-state index contributed by atoms with van der Waals surface area (Å²) in [5.74, 6) is 0.397. The van der Waals surface area contributed by atoms with Crippen molar-refractivity contribution in [1.82, 2.24) is 9.97 Å². The molecule has 0 aliphatic heterocycles. The third-order valence-corrected chi connectivity index (χ3v) is 6.62. The van der Waals surface area contributed by atoms with Crippen LogP contribution in [0.3, 0.4) is 0 Å². The van der Waals surface area contributed by atoms with Gasteiger partial charge in [-0.1, -0.05) is 11.8 Å². The summed E-state index contributed by atoms with van der Waals surface area (Å²) in [6.07, 6.45) is 3.32. The van der Waals surface area contributed by atoms with Crippen molar-refractivity contribution in [1.29, 1.82) is 0 Å². The summed E-state index contributed by atoms with van der Waals surface area (Å²) in [7, 11) is 1.40. The van der Waals surface area contributed by atoms with Crippen LogP contribution in [0.4, 0.5) is 4.39 Å². The third kappa shape index (κ3) is 3.10. The number of benzene rings is 1. The van der Waals surface area contributed by atoms with Gasteiger partial charge in [-0.25, -0.2) is 14.4 Å². The van der Waals surface area contributed by atoms with Gasteiger partial charge in [0.2, 0.25) is 0 Å². The van der Waals surface area contributed by atoms with Crippen molar-refractivity contribution in [3.05, 3.63) is 45.8 Å². The van der Waals surface area contributed by atoms with Gasteiger partial charge in [-0.2, -0.15) is 0 Å². The molecule has 0 fully saturated rings. The Morgan fingerprint density at radius 3 is 2.96 bits per heavy atom. The number of hydrogen-bond donors (Lipinski definition) is 0. The Hall–Kier alpha value is -1.99. The highest BCUT2D eigenvalue weighted by Crippen LogP contribution is 2.40. The lowest BCUT2D eigenvalue weighted by molar-refractivity contribution is 0.102. The second-order valence-electron chi connectivity index (χ2n) is 6.17. The van der Waals surface area contributed by atoms with Crippen LogP contribution in [-0.2, 0) is 12.8 Å². The van der Waals surface area contributed by atoms with Gasteiger partial charge in [0.25, 0.3) is 0 Å². The van der Waals surface area contributed by atoms with Crippen molar-refractivity contribution in [2.45, 2.75) is 31.2 Å². The highest BCUT2D eigenvalue weighted by molar-refractivity contribution is 8.00. The Kier molecular flexibility index (Phi) is 4.67. The van der Waals surface area contributed by atoms with Gasteiger partial charge >= 0.3 is 0 Å². The molecule has 26 heavy (non-hydrogen) atoms. The highest BCUT2D eigenvalue weighted by Gasteiger charge is 2.22. The smallest absolute Gasteiger partial charge is 0.173 e. The standard InChI is InChI=1S/C19H17FN2O2S2/c1-10-21-18(17-12-4-3-5-16(12)26-19(17)22-10)25-9-14(23)11-6-7-15(24-2)13(20)8-11/h6-8H,3-5,9H2,1-2H3. The fourth-order valence-electron chi connectivity index (χ4n) is 3.23. The molecule has 0 spiro atoms. The third-order valence-electron chi connectivity index (χ3n) is 4.46. The fourth-order valence-corrected chi connectivity index (χ4v) is 5.59. The predicted octanol–water partition coefficient (Wildman–Crippen LogP) is 4.61. The van der Waals surface area contributed by atoms with E-state index >= 15 is 0 Å². The lowest BCUT2D eigenvalue weighted by atomic mass is 10.1. The summed E-state index contributed by atoms with van der Waals surface area (Å²) in [5, 5.41) is 1.96. The van der Waals surface area contributed by atoms with Gasteiger partial charge in [0.05, 0.1) is 12.9 Å². The number of Topliss-reactive ketones (excluding diaryl/α,β-unsaturated/α-hetero) is 1. The molecule has 4 rings (SSSR count). The van der Waals surface area contributed by atoms with Gasteiger partial charge in [-0.15, -0.1) is 11.3 Å². The van der Waals surface area contributed by atoms with E-state index < -0.39 is 5.82 Å². The van der Waals surface area contributed by atoms with E-state index in [1.54, 1.807) is 17.4 Å². The molecule has 2 heterocycles. The minimum absolute atomic E-state index is 0.132. The van der Waals surface area contributed by atoms with Crippen LogP contribution in [0.2, 0.25) is 0 Å². The van der Waals surface area contributed by atoms with Crippen LogP contribution in [0.1, 0.15) is 33.0 Å². The molecule has 4 nitrogen and oxygen atoms in total. The molecule has 0 N–H and O–H groups in total. The minimum atomic E-state index is -0.528. The summed E-state index contributed by atoms with van der Waals surface area (Å²) in [6, 6.07) is 4.30. The summed E-state index contributed by atoms with van der Waals surface area (Å²) in [5.41, 5.74) is 1.68. The lowest BCUT2D eigenvalue weighted by Gasteiger charge is -2.07. The van der Waals surface area contributed by atoms with Crippen LogP contribution in [0.5, 0.6) is 5.75 Å². The SMILES string of the molecule is COc1ccc(C(=O)CSc2nc(C)nc3sc4c(c23)CCC4)cc1F. The molecule has 0 bridgehead atoms. The number of fused-ring (bicyclic) bond motifs is 3. The lowest BCUT2D eigenvalue weighted by Crippen LogP contribution is -2.04. The maximum atomic E-state index is 13.8. The van der Waals surface area contributed by atoms with Gasteiger partial charge in [-0.05, 0) is 49.9 Å². The first-order chi connectivity index (χ1) is 12.6. The Bertz CT molecular complexity index is 1020. The number of aryl methyl sites for hydroxylation is 3. The van der Waals surface area contributed by atoms with E-state index in [4.69, 9.17) is 4.74 Å². The Labute approximate surface area is 158 Å². The monoisotopic (exact) mass is 388 g/mol. The maximum Gasteiger partial charge on any atom is 0.173 e. The zero-order chi connectivity index (χ0) is 18.3. The van der Waals surface area contributed by atoms with E-state index in [-0.39, 0.29) is 17.3 Å². The summed E-state index contributed by atoms with van der Waals surface area (Å²) in [4.78, 5) is 24.0. The van der Waals surface area contributed by atoms with Crippen molar-refractivity contribution in [3.8, 4) is 5.75 Å². The van der Waals surface area contributed by atoms with Crippen molar-refractivity contribution in [2.75, 3.05) is 12.9 Å². The zero-order valence-electron chi connectivity index (χ0n) is 14.5. The largest absolute Gasteiger partial charge is 0.494 e. The number of nitrogens with zero attached hydrogens (tertiary/aromatic N) is 2. The summed E-state index contributed by atoms with van der Waals surface area (Å²) >= 11 is 3.14. The van der Waals surface area contributed by atoms with E-state index in [0.29, 0.717) is 11.4 Å². The highest BCUT2D eigenvalue weighted by atomic mass is 32.2. The van der Waals surface area contributed by atoms with E-state index in [2.05, 4.69) is 9.97 Å². The number of carbonyl (C=O) groups excluding carboxylic acids is 1. The molecular formula is C19H17FN2O2S2. The Balaban J connectivity index is 1.60. The molecule has 1 aliphatic carbocycles. The number of carbonyl (C=O) groups is 1. The van der Waals surface area contributed by atoms with Crippen LogP contribution >= 0.6 is 23.1 Å². The van der Waals surface area contributed by atoms with Crippen LogP contribution in [0.25, 0.3) is 10.2 Å². The quantitative estimate of drug-likeness (QED) is 0.363. The van der Waals surface area contributed by atoms with Gasteiger partial charge in [0.15, 0.2) is 17.3 Å². The summed E-state index contributed by atoms with van der Waals surface area (Å²) in [6.45, 7) is 1.87. The average molecular weight is 388 g/mol. The molecule has 0 saturated heterocycles. The fraction of sp³-hybridized carbons (Fsp3) is 0.316. The number of ketones is 1. The van der Waals surface area contributed by atoms with Gasteiger partial charge < -0.3 is 4.74 Å². The predicted molar refractivity (Wildman–Crippen MR) is 102 cm³/mol. The summed E-state index contributed by atoms with van der Waals surface area (Å²) < 4.78 is 18.7. The Morgan fingerprint density at radius 2 is 2.19 bits per heavy atom. The number of rotatable bonds is 5. The topological polar surface area (TPSA) is 52.1 Å². The molecule has 1 aliphatic rings. The molecule has 1 aromatic carbocycles. The number of ether oxygens (including phenoxy) is 1. The molecule has 7 heteroatoms. The second kappa shape index (κ2) is 6.96. The van der Waals surface area contributed by atoms with E-state index in [1.165, 1.54) is 47.9 Å². The molecule has 0 saturated carbocycles. The Morgan fingerprint density at radius 1 is 1.35 bits per heavy atom. The van der Waals surface area contributed by atoms with Crippen LogP contribution < -0.4 is 4.74 Å². The number of thiophene rings is 1. The van der Waals surface area contributed by atoms with Gasteiger partial charge in [0, 0.05) is 15.8 Å². The van der Waals surface area contributed by atoms with Crippen molar-refractivity contribution in [2.24, 2.45) is 0 Å². The molecule has 134 valence electrons. The molecule has 0 unspecified atom stereocenters. The number of methoxy groups -OCH3 is 1. The first kappa shape index (κ1) is 17.4. The van der Waals surface area contributed by atoms with Crippen molar-refractivity contribution >= 4 is 39.1 Å². The number of aromatic nitrogens is 2. The van der Waals surface area contributed by atoms with Crippen molar-refractivity contribution in [3.63, 3.8) is 0 Å². The number of halogens is 1.